The molecule has 3 aromatic heterocycles. The van der Waals surface area contributed by atoms with Crippen LogP contribution in [0.4, 0.5) is 0 Å². The molecule has 0 spiro atoms. The first-order valence-corrected chi connectivity index (χ1v) is 11.4. The maximum absolute atomic E-state index is 12.0. The Morgan fingerprint density at radius 3 is 3.07 bits per heavy atom. The van der Waals surface area contributed by atoms with E-state index in [1.54, 1.807) is 17.5 Å². The van der Waals surface area contributed by atoms with Crippen LogP contribution in [-0.2, 0) is 17.0 Å². The molecule has 0 saturated carbocycles. The van der Waals surface area contributed by atoms with E-state index in [0.29, 0.717) is 28.7 Å². The monoisotopic (exact) mass is 415 g/mol. The minimum absolute atomic E-state index is 0.00783. The summed E-state index contributed by atoms with van der Waals surface area (Å²) < 4.78 is 2.81. The smallest absolute Gasteiger partial charge is 0.258 e. The van der Waals surface area contributed by atoms with E-state index in [9.17, 15) is 9.59 Å². The number of nitrogens with zero attached hydrogens (tertiary/aromatic N) is 2. The van der Waals surface area contributed by atoms with Crippen molar-refractivity contribution in [2.45, 2.75) is 12.2 Å². The number of thiazole rings is 1. The number of aromatic nitrogens is 2. The number of benzene rings is 1. The fraction of sp³-hybridized carbons (Fsp3) is 0.211. The van der Waals surface area contributed by atoms with Crippen molar-refractivity contribution in [2.75, 3.05) is 12.3 Å². The van der Waals surface area contributed by atoms with Crippen molar-refractivity contribution in [1.29, 1.82) is 0 Å². The lowest BCUT2D eigenvalue weighted by Gasteiger charge is -2.05. The van der Waals surface area contributed by atoms with E-state index in [-0.39, 0.29) is 11.5 Å². The molecule has 0 aliphatic rings. The van der Waals surface area contributed by atoms with Crippen molar-refractivity contribution in [3.63, 3.8) is 0 Å². The van der Waals surface area contributed by atoms with Gasteiger partial charge in [0.15, 0.2) is 4.96 Å². The molecule has 1 N–H and O–H groups in total. The van der Waals surface area contributed by atoms with Crippen LogP contribution in [0.5, 0.6) is 0 Å². The van der Waals surface area contributed by atoms with Crippen LogP contribution in [0.25, 0.3) is 15.0 Å². The third-order valence-corrected chi connectivity index (χ3v) is 6.85. The van der Waals surface area contributed by atoms with Gasteiger partial charge in [0.25, 0.3) is 5.56 Å². The average molecular weight is 416 g/mol. The Balaban J connectivity index is 1.24. The largest absolute Gasteiger partial charge is 0.355 e. The van der Waals surface area contributed by atoms with Gasteiger partial charge in [-0.3, -0.25) is 14.0 Å². The molecule has 1 amide bonds. The second-order valence-electron chi connectivity index (χ2n) is 5.99. The molecule has 5 nitrogen and oxygen atoms in total. The Kier molecular flexibility index (Phi) is 5.56. The van der Waals surface area contributed by atoms with E-state index in [4.69, 9.17) is 0 Å². The second kappa shape index (κ2) is 8.24. The van der Waals surface area contributed by atoms with Gasteiger partial charge >= 0.3 is 0 Å². The highest BCUT2D eigenvalue weighted by atomic mass is 32.2. The number of fused-ring (bicyclic) bond motifs is 2. The van der Waals surface area contributed by atoms with Gasteiger partial charge in [0, 0.05) is 34.6 Å². The SMILES string of the molecule is O=C(CSCc1cc(=O)n2ccsc2n1)NCCc1csc2ccccc12. The average Bonchev–Trinajstić information content (AvgIpc) is 3.29. The second-order valence-corrected chi connectivity index (χ2v) is 8.76. The summed E-state index contributed by atoms with van der Waals surface area (Å²) in [7, 11) is 0. The first-order valence-electron chi connectivity index (χ1n) is 8.46. The molecule has 4 aromatic rings. The third kappa shape index (κ3) is 4.23. The van der Waals surface area contributed by atoms with Gasteiger partial charge in [-0.15, -0.1) is 34.4 Å². The summed E-state index contributed by atoms with van der Waals surface area (Å²) in [6.07, 6.45) is 2.55. The normalized spacial score (nSPS) is 11.3. The summed E-state index contributed by atoms with van der Waals surface area (Å²) in [6.45, 7) is 0.626. The Morgan fingerprint density at radius 1 is 1.26 bits per heavy atom. The van der Waals surface area contributed by atoms with Crippen LogP contribution in [-0.4, -0.2) is 27.6 Å². The summed E-state index contributed by atoms with van der Waals surface area (Å²) in [5.74, 6) is 0.913. The molecule has 0 bridgehead atoms. The topological polar surface area (TPSA) is 63.5 Å². The van der Waals surface area contributed by atoms with Gasteiger partial charge in [0.2, 0.25) is 5.91 Å². The molecule has 8 heteroatoms. The molecule has 138 valence electrons. The Labute approximate surface area is 168 Å². The first kappa shape index (κ1) is 18.2. The third-order valence-electron chi connectivity index (χ3n) is 4.12. The van der Waals surface area contributed by atoms with E-state index in [0.717, 1.165) is 6.42 Å². The van der Waals surface area contributed by atoms with E-state index < -0.39 is 0 Å². The fourth-order valence-electron chi connectivity index (χ4n) is 2.82. The van der Waals surface area contributed by atoms with Crippen molar-refractivity contribution in [3.8, 4) is 0 Å². The molecule has 1 aromatic carbocycles. The van der Waals surface area contributed by atoms with E-state index in [1.165, 1.54) is 49.2 Å². The van der Waals surface area contributed by atoms with Crippen LogP contribution in [0.1, 0.15) is 11.3 Å². The Bertz CT molecular complexity index is 1150. The molecule has 27 heavy (non-hydrogen) atoms. The molecule has 0 aliphatic carbocycles. The van der Waals surface area contributed by atoms with Crippen LogP contribution in [0.2, 0.25) is 0 Å². The Morgan fingerprint density at radius 2 is 2.15 bits per heavy atom. The molecule has 0 atom stereocenters. The lowest BCUT2D eigenvalue weighted by atomic mass is 10.1. The van der Waals surface area contributed by atoms with Crippen molar-refractivity contribution in [3.05, 3.63) is 68.9 Å². The molecular weight excluding hydrogens is 398 g/mol. The highest BCUT2D eigenvalue weighted by Gasteiger charge is 2.07. The first-order chi connectivity index (χ1) is 13.2. The molecule has 0 radical (unpaired) electrons. The van der Waals surface area contributed by atoms with E-state index >= 15 is 0 Å². The molecule has 4 rings (SSSR count). The maximum Gasteiger partial charge on any atom is 0.258 e. The van der Waals surface area contributed by atoms with Gasteiger partial charge < -0.3 is 5.32 Å². The zero-order valence-electron chi connectivity index (χ0n) is 14.4. The minimum atomic E-state index is -0.0794. The number of hydrogen-bond acceptors (Lipinski definition) is 6. The van der Waals surface area contributed by atoms with Crippen molar-refractivity contribution in [2.24, 2.45) is 0 Å². The number of thioether (sulfide) groups is 1. The van der Waals surface area contributed by atoms with Crippen LogP contribution < -0.4 is 10.9 Å². The van der Waals surface area contributed by atoms with Gasteiger partial charge in [0.05, 0.1) is 11.4 Å². The van der Waals surface area contributed by atoms with E-state index in [2.05, 4.69) is 27.8 Å². The maximum atomic E-state index is 12.0. The standard InChI is InChI=1S/C19H17N3O2S3/c23-17(20-6-5-13-10-27-16-4-2-1-3-15(13)16)12-25-11-14-9-18(24)22-7-8-26-19(22)21-14/h1-4,7-10H,5-6,11-12H2,(H,20,23). The molecule has 0 aliphatic heterocycles. The quantitative estimate of drug-likeness (QED) is 0.501. The van der Waals surface area contributed by atoms with Crippen molar-refractivity contribution >= 4 is 55.4 Å². The molecule has 0 unspecified atom stereocenters. The van der Waals surface area contributed by atoms with Gasteiger partial charge in [-0.1, -0.05) is 18.2 Å². The molecule has 0 fully saturated rings. The van der Waals surface area contributed by atoms with Crippen LogP contribution in [0, 0.1) is 0 Å². The summed E-state index contributed by atoms with van der Waals surface area (Å²) in [6, 6.07) is 9.86. The van der Waals surface area contributed by atoms with Crippen molar-refractivity contribution < 1.29 is 4.79 Å². The summed E-state index contributed by atoms with van der Waals surface area (Å²) >= 11 is 4.64. The van der Waals surface area contributed by atoms with Crippen LogP contribution >= 0.6 is 34.4 Å². The number of amides is 1. The van der Waals surface area contributed by atoms with Crippen molar-refractivity contribution in [1.82, 2.24) is 14.7 Å². The predicted octanol–water partition coefficient (Wildman–Crippen LogP) is 3.56. The van der Waals surface area contributed by atoms with Gasteiger partial charge in [-0.05, 0) is 28.8 Å². The lowest BCUT2D eigenvalue weighted by molar-refractivity contribution is -0.118. The highest BCUT2D eigenvalue weighted by Crippen LogP contribution is 2.25. The number of nitrogens with one attached hydrogen (secondary N) is 1. The van der Waals surface area contributed by atoms with Crippen LogP contribution in [0.15, 0.2) is 52.1 Å². The summed E-state index contributed by atoms with van der Waals surface area (Å²) in [5, 5.41) is 8.24. The number of hydrogen-bond donors (Lipinski definition) is 1. The van der Waals surface area contributed by atoms with Gasteiger partial charge in [0.1, 0.15) is 0 Å². The fourth-order valence-corrected chi connectivity index (χ4v) is 5.31. The number of thiophene rings is 1. The number of carbonyl (C=O) groups is 1. The van der Waals surface area contributed by atoms with Gasteiger partial charge in [-0.2, -0.15) is 0 Å². The summed E-state index contributed by atoms with van der Waals surface area (Å²) in [4.78, 5) is 29.1. The lowest BCUT2D eigenvalue weighted by Crippen LogP contribution is -2.27. The van der Waals surface area contributed by atoms with Gasteiger partial charge in [-0.25, -0.2) is 4.98 Å². The Hall–Kier alpha value is -2.16. The van der Waals surface area contributed by atoms with E-state index in [1.807, 2.05) is 17.5 Å². The zero-order chi connectivity index (χ0) is 18.6. The minimum Gasteiger partial charge on any atom is -0.355 e. The highest BCUT2D eigenvalue weighted by molar-refractivity contribution is 7.99. The number of carbonyl (C=O) groups excluding carboxylic acids is 1. The molecule has 3 heterocycles. The molecule has 0 saturated heterocycles. The van der Waals surface area contributed by atoms with Crippen LogP contribution in [0.3, 0.4) is 0 Å². The number of rotatable bonds is 7. The predicted molar refractivity (Wildman–Crippen MR) is 114 cm³/mol. The zero-order valence-corrected chi connectivity index (χ0v) is 16.8. The molecular formula is C19H17N3O2S3. The summed E-state index contributed by atoms with van der Waals surface area (Å²) in [5.41, 5.74) is 1.91.